The van der Waals surface area contributed by atoms with Crippen molar-refractivity contribution in [2.45, 2.75) is 5.92 Å². The maximum absolute atomic E-state index is 13.3. The second-order valence-electron chi connectivity index (χ2n) is 7.15. The summed E-state index contributed by atoms with van der Waals surface area (Å²) in [5.74, 6) is -0.724. The molecule has 0 bridgehead atoms. The number of nitrogens with one attached hydrogen (secondary N) is 2. The predicted molar refractivity (Wildman–Crippen MR) is 109 cm³/mol. The van der Waals surface area contributed by atoms with Gasteiger partial charge < -0.3 is 5.32 Å². The lowest BCUT2D eigenvalue weighted by Crippen LogP contribution is -2.37. The molecule has 2 aromatic carbocycles. The van der Waals surface area contributed by atoms with Crippen molar-refractivity contribution in [2.24, 2.45) is 7.05 Å². The molecule has 148 valence electrons. The van der Waals surface area contributed by atoms with Gasteiger partial charge in [-0.25, -0.2) is 4.79 Å². The van der Waals surface area contributed by atoms with Crippen LogP contribution >= 0.6 is 0 Å². The van der Waals surface area contributed by atoms with E-state index in [1.54, 1.807) is 24.3 Å². The molecule has 0 radical (unpaired) electrons. The number of rotatable bonds is 2. The van der Waals surface area contributed by atoms with Crippen LogP contribution in [0.4, 0.5) is 11.5 Å². The van der Waals surface area contributed by atoms with Gasteiger partial charge in [-0.2, -0.15) is 0 Å². The topological polar surface area (TPSA) is 127 Å². The van der Waals surface area contributed by atoms with Gasteiger partial charge in [-0.15, -0.1) is 0 Å². The van der Waals surface area contributed by atoms with Crippen LogP contribution in [0.5, 0.6) is 0 Å². The van der Waals surface area contributed by atoms with Gasteiger partial charge in [0.1, 0.15) is 5.82 Å². The largest absolute Gasteiger partial charge is 0.340 e. The third kappa shape index (κ3) is 2.32. The molecule has 0 spiro atoms. The standard InChI is InChI=1S/C21H14N4O5/c1-24-19-16(20(27)23-21(24)28)14(10-6-8-11(9-7-10)25(29)30)15-17(22-19)12-4-2-3-5-13(12)18(15)26/h2-9,14,22H,1H3,(H,23,27,28). The molecule has 30 heavy (non-hydrogen) atoms. The molecule has 2 N–H and O–H groups in total. The first-order chi connectivity index (χ1) is 14.4. The van der Waals surface area contributed by atoms with E-state index in [4.69, 9.17) is 0 Å². The molecule has 1 atom stereocenters. The molecule has 0 saturated carbocycles. The van der Waals surface area contributed by atoms with Crippen molar-refractivity contribution in [3.05, 3.63) is 107 Å². The third-order valence-electron chi connectivity index (χ3n) is 5.57. The minimum absolute atomic E-state index is 0.0995. The Morgan fingerprint density at radius 3 is 2.33 bits per heavy atom. The fourth-order valence-corrected chi connectivity index (χ4v) is 4.15. The molecule has 3 aromatic rings. The molecule has 2 heterocycles. The van der Waals surface area contributed by atoms with Crippen LogP contribution < -0.4 is 16.6 Å². The number of nitrogens with zero attached hydrogens (tertiary/aromatic N) is 2. The number of nitro benzene ring substituents is 1. The number of carbonyl (C=O) groups excluding carboxylic acids is 1. The van der Waals surface area contributed by atoms with Gasteiger partial charge in [-0.05, 0) is 5.56 Å². The van der Waals surface area contributed by atoms with E-state index in [0.29, 0.717) is 28.0 Å². The number of hydrogen-bond donors (Lipinski definition) is 2. The van der Waals surface area contributed by atoms with Crippen molar-refractivity contribution in [1.82, 2.24) is 9.55 Å². The number of non-ortho nitro benzene ring substituents is 1. The molecular weight excluding hydrogens is 388 g/mol. The summed E-state index contributed by atoms with van der Waals surface area (Å²) in [4.78, 5) is 51.1. The van der Waals surface area contributed by atoms with Crippen LogP contribution in [0.2, 0.25) is 0 Å². The smallest absolute Gasteiger partial charge is 0.329 e. The zero-order valence-electron chi connectivity index (χ0n) is 15.6. The SMILES string of the molecule is Cn1c2c(c(=O)[nH]c1=O)C(c1ccc([N+](=O)[O-])cc1)C1=C(N2)c2ccccc2C1=O. The van der Waals surface area contributed by atoms with Gasteiger partial charge in [0, 0.05) is 41.8 Å². The van der Waals surface area contributed by atoms with E-state index in [1.807, 2.05) is 0 Å². The van der Waals surface area contributed by atoms with Gasteiger partial charge in [0.25, 0.3) is 11.2 Å². The summed E-state index contributed by atoms with van der Waals surface area (Å²) in [6.45, 7) is 0. The molecule has 1 aliphatic carbocycles. The Bertz CT molecular complexity index is 1410. The zero-order chi connectivity index (χ0) is 21.2. The number of Topliss-reactive ketones (excluding diaryl/α,β-unsaturated/α-hetero) is 1. The number of carbonyl (C=O) groups is 1. The molecule has 5 rings (SSSR count). The predicted octanol–water partition coefficient (Wildman–Crippen LogP) is 2.15. The first-order valence-electron chi connectivity index (χ1n) is 9.11. The van der Waals surface area contributed by atoms with Crippen LogP contribution in [0.1, 0.15) is 33.0 Å². The normalized spacial score (nSPS) is 16.6. The van der Waals surface area contributed by atoms with E-state index in [2.05, 4.69) is 10.3 Å². The Balaban J connectivity index is 1.82. The summed E-state index contributed by atoms with van der Waals surface area (Å²) < 4.78 is 1.28. The zero-order valence-corrected chi connectivity index (χ0v) is 15.6. The monoisotopic (exact) mass is 402 g/mol. The third-order valence-corrected chi connectivity index (χ3v) is 5.57. The molecule has 0 fully saturated rings. The van der Waals surface area contributed by atoms with Crippen molar-refractivity contribution >= 4 is 23.0 Å². The van der Waals surface area contributed by atoms with Crippen molar-refractivity contribution in [3.8, 4) is 0 Å². The summed E-state index contributed by atoms with van der Waals surface area (Å²) >= 11 is 0. The molecule has 1 unspecified atom stereocenters. The maximum atomic E-state index is 13.3. The molecule has 1 aliphatic heterocycles. The van der Waals surface area contributed by atoms with Crippen molar-refractivity contribution in [1.29, 1.82) is 0 Å². The van der Waals surface area contributed by atoms with Gasteiger partial charge >= 0.3 is 5.69 Å². The Morgan fingerprint density at radius 2 is 1.67 bits per heavy atom. The summed E-state index contributed by atoms with van der Waals surface area (Å²) in [6.07, 6.45) is 0. The van der Waals surface area contributed by atoms with Crippen LogP contribution in [0.3, 0.4) is 0 Å². The molecule has 0 saturated heterocycles. The first kappa shape index (κ1) is 17.8. The number of ketones is 1. The van der Waals surface area contributed by atoms with Crippen LogP contribution in [0.25, 0.3) is 5.70 Å². The summed E-state index contributed by atoms with van der Waals surface area (Å²) in [7, 11) is 1.52. The number of allylic oxidation sites excluding steroid dienone is 1. The van der Waals surface area contributed by atoms with Crippen LogP contribution in [-0.4, -0.2) is 20.3 Å². The second kappa shape index (κ2) is 6.11. The van der Waals surface area contributed by atoms with E-state index in [9.17, 15) is 24.5 Å². The second-order valence-corrected chi connectivity index (χ2v) is 7.15. The molecule has 0 amide bonds. The lowest BCUT2D eigenvalue weighted by Gasteiger charge is -2.28. The number of hydrogen-bond acceptors (Lipinski definition) is 6. The Morgan fingerprint density at radius 1 is 1.00 bits per heavy atom. The van der Waals surface area contributed by atoms with Crippen molar-refractivity contribution in [3.63, 3.8) is 0 Å². The van der Waals surface area contributed by atoms with Gasteiger partial charge in [-0.3, -0.25) is 29.3 Å². The number of H-pyrrole nitrogens is 1. The Hall–Kier alpha value is -4.27. The summed E-state index contributed by atoms with van der Waals surface area (Å²) in [5.41, 5.74) is 1.55. The molecule has 9 heteroatoms. The highest BCUT2D eigenvalue weighted by Crippen LogP contribution is 2.47. The summed E-state index contributed by atoms with van der Waals surface area (Å²) in [5, 5.41) is 14.2. The minimum atomic E-state index is -0.785. The number of nitro groups is 1. The average Bonchev–Trinajstić information content (AvgIpc) is 3.03. The first-order valence-corrected chi connectivity index (χ1v) is 9.11. The number of aromatic nitrogens is 2. The van der Waals surface area contributed by atoms with Crippen LogP contribution in [0.15, 0.2) is 63.7 Å². The van der Waals surface area contributed by atoms with Gasteiger partial charge in [0.15, 0.2) is 5.78 Å². The molecular formula is C21H14N4O5. The van der Waals surface area contributed by atoms with Gasteiger partial charge in [0.05, 0.1) is 16.2 Å². The molecule has 1 aromatic heterocycles. The minimum Gasteiger partial charge on any atom is -0.340 e. The van der Waals surface area contributed by atoms with Crippen LogP contribution in [0, 0.1) is 10.1 Å². The highest BCUT2D eigenvalue weighted by atomic mass is 16.6. The number of benzene rings is 2. The Labute approximate surface area is 168 Å². The lowest BCUT2D eigenvalue weighted by atomic mass is 9.81. The van der Waals surface area contributed by atoms with Crippen molar-refractivity contribution in [2.75, 3.05) is 5.32 Å². The number of anilines is 1. The highest BCUT2D eigenvalue weighted by molar-refractivity contribution is 6.23. The van der Waals surface area contributed by atoms with Crippen LogP contribution in [-0.2, 0) is 7.05 Å². The van der Waals surface area contributed by atoms with E-state index in [1.165, 1.54) is 35.9 Å². The quantitative estimate of drug-likeness (QED) is 0.499. The van der Waals surface area contributed by atoms with Crippen molar-refractivity contribution < 1.29 is 9.72 Å². The van der Waals surface area contributed by atoms with E-state index in [-0.39, 0.29) is 22.9 Å². The van der Waals surface area contributed by atoms with Gasteiger partial charge in [0.2, 0.25) is 0 Å². The molecule has 2 aliphatic rings. The fourth-order valence-electron chi connectivity index (χ4n) is 4.15. The number of aromatic amines is 1. The van der Waals surface area contributed by atoms with Gasteiger partial charge in [-0.1, -0.05) is 36.4 Å². The van der Waals surface area contributed by atoms with E-state index in [0.717, 1.165) is 0 Å². The lowest BCUT2D eigenvalue weighted by molar-refractivity contribution is -0.384. The number of fused-ring (bicyclic) bond motifs is 3. The summed E-state index contributed by atoms with van der Waals surface area (Å²) in [6, 6.07) is 12.8. The fraction of sp³-hybridized carbons (Fsp3) is 0.0952. The average molecular weight is 402 g/mol. The van der Waals surface area contributed by atoms with E-state index < -0.39 is 22.1 Å². The van der Waals surface area contributed by atoms with E-state index >= 15 is 0 Å². The highest BCUT2D eigenvalue weighted by Gasteiger charge is 2.42. The maximum Gasteiger partial charge on any atom is 0.329 e. The Kier molecular flexibility index (Phi) is 3.63. The molecule has 9 nitrogen and oxygen atoms in total.